The molecule has 0 N–H and O–H groups in total. The minimum atomic E-state index is 0.846. The molecule has 0 aliphatic carbocycles. The molecule has 0 atom stereocenters. The Morgan fingerprint density at radius 2 is 1.92 bits per heavy atom. The fourth-order valence-electron chi connectivity index (χ4n) is 2.66. The summed E-state index contributed by atoms with van der Waals surface area (Å²) in [4.78, 5) is 4.38. The molecule has 2 aromatic heterocycles. The van der Waals surface area contributed by atoms with Crippen LogP contribution in [0.15, 0.2) is 53.8 Å². The Balaban J connectivity index is 1.75. The predicted molar refractivity (Wildman–Crippen MR) is 106 cm³/mol. The molecule has 0 unspecified atom stereocenters. The Morgan fingerprint density at radius 3 is 2.62 bits per heavy atom. The van der Waals surface area contributed by atoms with Crippen LogP contribution in [0.1, 0.15) is 25.5 Å². The Morgan fingerprint density at radius 1 is 1.08 bits per heavy atom. The van der Waals surface area contributed by atoms with Crippen LogP contribution in [0.25, 0.3) is 11.4 Å². The summed E-state index contributed by atoms with van der Waals surface area (Å²) in [6.07, 6.45) is 5.00. The summed E-state index contributed by atoms with van der Waals surface area (Å²) in [6.45, 7) is 3.13. The number of aryl methyl sites for hydroxylation is 1. The average Bonchev–Trinajstić information content (AvgIpc) is 3.10. The van der Waals surface area contributed by atoms with Crippen LogP contribution >= 0.6 is 11.8 Å². The SMILES string of the molecule is CCCCn1c(SCCc2ccccn2)nnc1-c1ccc(OC)cc1. The van der Waals surface area contributed by atoms with Crippen LogP contribution in [0, 0.1) is 0 Å². The molecule has 1 aromatic carbocycles. The van der Waals surface area contributed by atoms with Gasteiger partial charge in [-0.2, -0.15) is 0 Å². The third kappa shape index (κ3) is 4.64. The molecule has 0 aliphatic rings. The summed E-state index contributed by atoms with van der Waals surface area (Å²) in [5.41, 5.74) is 2.17. The van der Waals surface area contributed by atoms with E-state index < -0.39 is 0 Å². The second-order valence-electron chi connectivity index (χ2n) is 5.96. The standard InChI is InChI=1S/C20H24N4OS/c1-3-4-14-24-19(16-8-10-18(25-2)11-9-16)22-23-20(24)26-15-12-17-7-5-6-13-21-17/h5-11,13H,3-4,12,14-15H2,1-2H3. The number of hydrogen-bond acceptors (Lipinski definition) is 5. The first-order valence-electron chi connectivity index (χ1n) is 8.92. The van der Waals surface area contributed by atoms with Gasteiger partial charge in [0.15, 0.2) is 11.0 Å². The summed E-state index contributed by atoms with van der Waals surface area (Å²) < 4.78 is 7.48. The van der Waals surface area contributed by atoms with E-state index in [2.05, 4.69) is 32.7 Å². The highest BCUT2D eigenvalue weighted by atomic mass is 32.2. The van der Waals surface area contributed by atoms with Crippen LogP contribution in [0.2, 0.25) is 0 Å². The lowest BCUT2D eigenvalue weighted by Crippen LogP contribution is -2.03. The van der Waals surface area contributed by atoms with E-state index in [0.29, 0.717) is 0 Å². The van der Waals surface area contributed by atoms with Gasteiger partial charge >= 0.3 is 0 Å². The lowest BCUT2D eigenvalue weighted by atomic mass is 10.2. The quantitative estimate of drug-likeness (QED) is 0.521. The van der Waals surface area contributed by atoms with Crippen molar-refractivity contribution in [1.82, 2.24) is 19.7 Å². The highest BCUT2D eigenvalue weighted by Crippen LogP contribution is 2.26. The van der Waals surface area contributed by atoms with Gasteiger partial charge in [0.05, 0.1) is 7.11 Å². The van der Waals surface area contributed by atoms with Gasteiger partial charge in [0.1, 0.15) is 5.75 Å². The second-order valence-corrected chi connectivity index (χ2v) is 7.02. The summed E-state index contributed by atoms with van der Waals surface area (Å²) in [5.74, 6) is 2.70. The van der Waals surface area contributed by atoms with Crippen molar-refractivity contribution < 1.29 is 4.74 Å². The van der Waals surface area contributed by atoms with Crippen LogP contribution in [0.3, 0.4) is 0 Å². The fraction of sp³-hybridized carbons (Fsp3) is 0.350. The van der Waals surface area contributed by atoms with E-state index in [1.807, 2.05) is 42.6 Å². The molecule has 0 fully saturated rings. The molecule has 0 aliphatic heterocycles. The third-order valence-corrected chi connectivity index (χ3v) is 5.08. The number of methoxy groups -OCH3 is 1. The maximum absolute atomic E-state index is 5.25. The van der Waals surface area contributed by atoms with E-state index in [0.717, 1.165) is 59.5 Å². The van der Waals surface area contributed by atoms with Gasteiger partial charge in [-0.1, -0.05) is 31.2 Å². The summed E-state index contributed by atoms with van der Waals surface area (Å²) in [5, 5.41) is 9.87. The lowest BCUT2D eigenvalue weighted by molar-refractivity contribution is 0.415. The molecule has 0 amide bonds. The van der Waals surface area contributed by atoms with Crippen molar-refractivity contribution in [2.75, 3.05) is 12.9 Å². The predicted octanol–water partition coefficient (Wildman–Crippen LogP) is 4.48. The van der Waals surface area contributed by atoms with Gasteiger partial charge in [-0.25, -0.2) is 0 Å². The van der Waals surface area contributed by atoms with Crippen molar-refractivity contribution in [3.8, 4) is 17.1 Å². The van der Waals surface area contributed by atoms with Crippen LogP contribution in [-0.4, -0.2) is 32.6 Å². The number of nitrogens with zero attached hydrogens (tertiary/aromatic N) is 4. The van der Waals surface area contributed by atoms with Gasteiger partial charge in [-0.05, 0) is 49.2 Å². The van der Waals surface area contributed by atoms with Gasteiger partial charge in [-0.3, -0.25) is 4.98 Å². The minimum absolute atomic E-state index is 0.846. The Labute approximate surface area is 158 Å². The van der Waals surface area contributed by atoms with E-state index in [1.54, 1.807) is 18.9 Å². The fourth-order valence-corrected chi connectivity index (χ4v) is 3.59. The van der Waals surface area contributed by atoms with Gasteiger partial charge in [0.25, 0.3) is 0 Å². The van der Waals surface area contributed by atoms with Crippen molar-refractivity contribution in [2.24, 2.45) is 0 Å². The molecule has 0 radical (unpaired) electrons. The molecule has 0 saturated heterocycles. The number of rotatable bonds is 9. The van der Waals surface area contributed by atoms with Crippen molar-refractivity contribution in [2.45, 2.75) is 37.9 Å². The van der Waals surface area contributed by atoms with Crippen molar-refractivity contribution >= 4 is 11.8 Å². The van der Waals surface area contributed by atoms with E-state index in [1.165, 1.54) is 0 Å². The molecule has 5 nitrogen and oxygen atoms in total. The van der Waals surface area contributed by atoms with Crippen molar-refractivity contribution in [3.05, 3.63) is 54.4 Å². The molecule has 3 aromatic rings. The molecular formula is C20H24N4OS. The third-order valence-electron chi connectivity index (χ3n) is 4.12. The van der Waals surface area contributed by atoms with Gasteiger partial charge in [-0.15, -0.1) is 10.2 Å². The summed E-state index contributed by atoms with van der Waals surface area (Å²) >= 11 is 1.74. The number of pyridine rings is 1. The number of hydrogen-bond donors (Lipinski definition) is 0. The first-order chi connectivity index (χ1) is 12.8. The maximum atomic E-state index is 5.25. The van der Waals surface area contributed by atoms with E-state index in [9.17, 15) is 0 Å². The number of thioether (sulfide) groups is 1. The number of aromatic nitrogens is 4. The van der Waals surface area contributed by atoms with E-state index >= 15 is 0 Å². The first-order valence-corrected chi connectivity index (χ1v) is 9.90. The Hall–Kier alpha value is -2.34. The zero-order chi connectivity index (χ0) is 18.2. The normalized spacial score (nSPS) is 10.8. The van der Waals surface area contributed by atoms with E-state index in [-0.39, 0.29) is 0 Å². The molecule has 0 bridgehead atoms. The molecular weight excluding hydrogens is 344 g/mol. The highest BCUT2D eigenvalue weighted by Gasteiger charge is 2.14. The van der Waals surface area contributed by atoms with Crippen molar-refractivity contribution in [3.63, 3.8) is 0 Å². The summed E-state index contributed by atoms with van der Waals surface area (Å²) in [7, 11) is 1.68. The highest BCUT2D eigenvalue weighted by molar-refractivity contribution is 7.99. The van der Waals surface area contributed by atoms with Crippen LogP contribution < -0.4 is 4.74 Å². The smallest absolute Gasteiger partial charge is 0.191 e. The zero-order valence-corrected chi connectivity index (χ0v) is 16.1. The lowest BCUT2D eigenvalue weighted by Gasteiger charge is -2.10. The largest absolute Gasteiger partial charge is 0.497 e. The second kappa shape index (κ2) is 9.38. The van der Waals surface area contributed by atoms with E-state index in [4.69, 9.17) is 4.74 Å². The molecule has 26 heavy (non-hydrogen) atoms. The maximum Gasteiger partial charge on any atom is 0.191 e. The number of unbranched alkanes of at least 4 members (excludes halogenated alkanes) is 1. The Bertz CT molecular complexity index is 802. The first kappa shape index (κ1) is 18.5. The molecule has 0 saturated carbocycles. The van der Waals surface area contributed by atoms with Crippen molar-refractivity contribution in [1.29, 1.82) is 0 Å². The monoisotopic (exact) mass is 368 g/mol. The zero-order valence-electron chi connectivity index (χ0n) is 15.3. The van der Waals surface area contributed by atoms with Crippen LogP contribution in [0.4, 0.5) is 0 Å². The average molecular weight is 369 g/mol. The molecule has 0 spiro atoms. The van der Waals surface area contributed by atoms with Crippen LogP contribution in [-0.2, 0) is 13.0 Å². The molecule has 136 valence electrons. The van der Waals surface area contributed by atoms with Crippen LogP contribution in [0.5, 0.6) is 5.75 Å². The molecule has 2 heterocycles. The molecule has 3 rings (SSSR count). The number of ether oxygens (including phenoxy) is 1. The number of benzene rings is 1. The molecule has 6 heteroatoms. The van der Waals surface area contributed by atoms with Gasteiger partial charge in [0.2, 0.25) is 0 Å². The Kier molecular flexibility index (Phi) is 6.66. The van der Waals surface area contributed by atoms with Gasteiger partial charge < -0.3 is 9.30 Å². The van der Waals surface area contributed by atoms with Gasteiger partial charge in [0, 0.05) is 29.8 Å². The summed E-state index contributed by atoms with van der Waals surface area (Å²) in [6, 6.07) is 14.0. The topological polar surface area (TPSA) is 52.8 Å². The minimum Gasteiger partial charge on any atom is -0.497 e.